The minimum atomic E-state index is -4.11. The van der Waals surface area contributed by atoms with Crippen molar-refractivity contribution in [1.82, 2.24) is 0 Å². The molecule has 1 heterocycles. The summed E-state index contributed by atoms with van der Waals surface area (Å²) >= 11 is 0. The van der Waals surface area contributed by atoms with E-state index in [1.165, 1.54) is 0 Å². The maximum absolute atomic E-state index is 11.9. The molecular weight excluding hydrogens is 183 g/mol. The van der Waals surface area contributed by atoms with E-state index in [9.17, 15) is 13.2 Å². The van der Waals surface area contributed by atoms with Gasteiger partial charge in [-0.2, -0.15) is 13.2 Å². The van der Waals surface area contributed by atoms with Gasteiger partial charge in [0.15, 0.2) is 0 Å². The second-order valence-corrected chi connectivity index (χ2v) is 3.63. The van der Waals surface area contributed by atoms with E-state index < -0.39 is 18.1 Å². The van der Waals surface area contributed by atoms with Crippen LogP contribution in [-0.2, 0) is 4.74 Å². The summed E-state index contributed by atoms with van der Waals surface area (Å²) in [7, 11) is 0. The van der Waals surface area contributed by atoms with Crippen molar-refractivity contribution in [2.24, 2.45) is 5.73 Å². The zero-order valence-electron chi connectivity index (χ0n) is 7.36. The average Bonchev–Trinajstić information content (AvgIpc) is 2.02. The fraction of sp³-hybridized carbons (Fsp3) is 1.00. The summed E-state index contributed by atoms with van der Waals surface area (Å²) < 4.78 is 40.7. The summed E-state index contributed by atoms with van der Waals surface area (Å²) in [5.74, 6) is 0. The van der Waals surface area contributed by atoms with Crippen molar-refractivity contribution in [3.05, 3.63) is 0 Å². The summed E-state index contributed by atoms with van der Waals surface area (Å²) in [6.45, 7) is 0.869. The van der Waals surface area contributed by atoms with Gasteiger partial charge in [0.2, 0.25) is 0 Å². The molecular formula is C8H14F3NO. The summed E-state index contributed by atoms with van der Waals surface area (Å²) in [5.41, 5.74) is 4.99. The van der Waals surface area contributed by atoms with Gasteiger partial charge in [0.25, 0.3) is 0 Å². The number of rotatable bonds is 2. The summed E-state index contributed by atoms with van der Waals surface area (Å²) in [6, 6.07) is 0. The van der Waals surface area contributed by atoms with Crippen LogP contribution in [0.4, 0.5) is 13.2 Å². The van der Waals surface area contributed by atoms with Crippen LogP contribution < -0.4 is 5.73 Å². The van der Waals surface area contributed by atoms with Crippen molar-refractivity contribution in [2.75, 3.05) is 13.2 Å². The maximum Gasteiger partial charge on any atom is 0.389 e. The van der Waals surface area contributed by atoms with Crippen LogP contribution in [0.25, 0.3) is 0 Å². The monoisotopic (exact) mass is 197 g/mol. The molecule has 2 N–H and O–H groups in total. The van der Waals surface area contributed by atoms with E-state index in [-0.39, 0.29) is 13.0 Å². The van der Waals surface area contributed by atoms with Gasteiger partial charge in [-0.05, 0) is 19.3 Å². The Labute approximate surface area is 75.2 Å². The highest BCUT2D eigenvalue weighted by Crippen LogP contribution is 2.28. The lowest BCUT2D eigenvalue weighted by molar-refractivity contribution is -0.140. The molecule has 0 spiro atoms. The zero-order valence-corrected chi connectivity index (χ0v) is 7.36. The normalized spacial score (nSPS) is 30.5. The lowest BCUT2D eigenvalue weighted by Gasteiger charge is -2.33. The first-order valence-electron chi connectivity index (χ1n) is 4.35. The van der Waals surface area contributed by atoms with E-state index in [0.717, 1.165) is 6.42 Å². The van der Waals surface area contributed by atoms with Crippen molar-refractivity contribution in [3.8, 4) is 0 Å². The van der Waals surface area contributed by atoms with Crippen molar-refractivity contribution in [2.45, 2.75) is 37.4 Å². The fourth-order valence-corrected chi connectivity index (χ4v) is 1.46. The lowest BCUT2D eigenvalue weighted by atomic mass is 9.89. The molecule has 1 aliphatic heterocycles. The van der Waals surface area contributed by atoms with Crippen LogP contribution in [-0.4, -0.2) is 24.9 Å². The summed E-state index contributed by atoms with van der Waals surface area (Å²) in [4.78, 5) is 0. The molecule has 0 amide bonds. The zero-order chi connectivity index (χ0) is 9.95. The number of ether oxygens (including phenoxy) is 1. The Balaban J connectivity index is 2.33. The van der Waals surface area contributed by atoms with Crippen LogP contribution >= 0.6 is 0 Å². The highest BCUT2D eigenvalue weighted by atomic mass is 19.4. The van der Waals surface area contributed by atoms with Gasteiger partial charge in [-0.1, -0.05) is 0 Å². The first-order valence-corrected chi connectivity index (χ1v) is 4.35. The molecule has 0 aromatic heterocycles. The van der Waals surface area contributed by atoms with Gasteiger partial charge in [0.1, 0.15) is 0 Å². The molecule has 1 rings (SSSR count). The minimum Gasteiger partial charge on any atom is -0.380 e. The smallest absolute Gasteiger partial charge is 0.380 e. The van der Waals surface area contributed by atoms with Crippen LogP contribution in [0, 0.1) is 0 Å². The van der Waals surface area contributed by atoms with Crippen LogP contribution in [0.5, 0.6) is 0 Å². The van der Waals surface area contributed by atoms with Crippen LogP contribution in [0.3, 0.4) is 0 Å². The van der Waals surface area contributed by atoms with Gasteiger partial charge in [-0.3, -0.25) is 0 Å². The fourth-order valence-electron chi connectivity index (χ4n) is 1.46. The van der Waals surface area contributed by atoms with E-state index in [1.54, 1.807) is 0 Å². The van der Waals surface area contributed by atoms with Gasteiger partial charge in [-0.15, -0.1) is 0 Å². The molecule has 1 saturated heterocycles. The van der Waals surface area contributed by atoms with Gasteiger partial charge in [0, 0.05) is 18.6 Å². The van der Waals surface area contributed by atoms with Crippen molar-refractivity contribution < 1.29 is 17.9 Å². The number of halogens is 3. The van der Waals surface area contributed by atoms with E-state index in [4.69, 9.17) is 10.5 Å². The van der Waals surface area contributed by atoms with Crippen LogP contribution in [0.1, 0.15) is 25.7 Å². The van der Waals surface area contributed by atoms with Crippen LogP contribution in [0.15, 0.2) is 0 Å². The molecule has 0 bridgehead atoms. The molecule has 5 heteroatoms. The third-order valence-corrected chi connectivity index (χ3v) is 2.26. The maximum atomic E-state index is 11.9. The Bertz CT molecular complexity index is 163. The molecule has 0 aliphatic carbocycles. The Morgan fingerprint density at radius 1 is 1.38 bits per heavy atom. The third kappa shape index (κ3) is 3.95. The summed E-state index contributed by atoms with van der Waals surface area (Å²) in [5, 5.41) is 0. The topological polar surface area (TPSA) is 35.2 Å². The molecule has 0 aromatic carbocycles. The Morgan fingerprint density at radius 2 is 2.08 bits per heavy atom. The van der Waals surface area contributed by atoms with E-state index in [2.05, 4.69) is 0 Å². The van der Waals surface area contributed by atoms with Crippen molar-refractivity contribution >= 4 is 0 Å². The standard InChI is InChI=1S/C8H14F3NO/c9-8(10,11)4-3-7(12)2-1-5-13-6-7/h1-6,12H2. The van der Waals surface area contributed by atoms with E-state index in [0.29, 0.717) is 13.0 Å². The molecule has 1 aliphatic rings. The second-order valence-electron chi connectivity index (χ2n) is 3.63. The number of hydrogen-bond acceptors (Lipinski definition) is 2. The largest absolute Gasteiger partial charge is 0.389 e. The Morgan fingerprint density at radius 3 is 2.54 bits per heavy atom. The number of alkyl halides is 3. The predicted octanol–water partition coefficient (Wildman–Crippen LogP) is 1.84. The predicted molar refractivity (Wildman–Crippen MR) is 42.3 cm³/mol. The first-order chi connectivity index (χ1) is 5.91. The Kier molecular flexibility index (Phi) is 3.18. The molecule has 1 atom stereocenters. The van der Waals surface area contributed by atoms with E-state index >= 15 is 0 Å². The van der Waals surface area contributed by atoms with Gasteiger partial charge in [0.05, 0.1) is 6.61 Å². The number of hydrogen-bond donors (Lipinski definition) is 1. The summed E-state index contributed by atoms with van der Waals surface area (Å²) in [6.07, 6.45) is -3.56. The molecule has 1 fully saturated rings. The Hall–Kier alpha value is -0.290. The molecule has 13 heavy (non-hydrogen) atoms. The van der Waals surface area contributed by atoms with Crippen molar-refractivity contribution in [3.63, 3.8) is 0 Å². The quantitative estimate of drug-likeness (QED) is 0.733. The highest BCUT2D eigenvalue weighted by Gasteiger charge is 2.34. The minimum absolute atomic E-state index is 0.0312. The molecule has 0 saturated carbocycles. The molecule has 0 radical (unpaired) electrons. The molecule has 0 aromatic rings. The number of nitrogens with two attached hydrogens (primary N) is 1. The SMILES string of the molecule is NC1(CCC(F)(F)F)CCCOC1. The average molecular weight is 197 g/mol. The van der Waals surface area contributed by atoms with E-state index in [1.807, 2.05) is 0 Å². The molecule has 2 nitrogen and oxygen atoms in total. The molecule has 1 unspecified atom stereocenters. The highest BCUT2D eigenvalue weighted by molar-refractivity contribution is 4.86. The van der Waals surface area contributed by atoms with Crippen LogP contribution in [0.2, 0.25) is 0 Å². The lowest BCUT2D eigenvalue weighted by Crippen LogP contribution is -2.48. The van der Waals surface area contributed by atoms with Crippen molar-refractivity contribution in [1.29, 1.82) is 0 Å². The second kappa shape index (κ2) is 3.84. The third-order valence-electron chi connectivity index (χ3n) is 2.26. The van der Waals surface area contributed by atoms with Gasteiger partial charge >= 0.3 is 6.18 Å². The molecule has 78 valence electrons. The first kappa shape index (κ1) is 10.8. The van der Waals surface area contributed by atoms with Gasteiger partial charge in [-0.25, -0.2) is 0 Å². The van der Waals surface area contributed by atoms with Gasteiger partial charge < -0.3 is 10.5 Å².